The topological polar surface area (TPSA) is 82.9 Å². The smallest absolute Gasteiger partial charge is 0.323 e. The summed E-state index contributed by atoms with van der Waals surface area (Å²) in [6.07, 6.45) is 1.17. The molecule has 8 heteroatoms. The quantitative estimate of drug-likeness (QED) is 0.637. The molecule has 0 fully saturated rings. The van der Waals surface area contributed by atoms with E-state index in [0.29, 0.717) is 22.8 Å². The molecule has 1 aromatic heterocycles. The van der Waals surface area contributed by atoms with Gasteiger partial charge in [0.15, 0.2) is 5.60 Å². The molecule has 29 heavy (non-hydrogen) atoms. The number of halogens is 4. The summed E-state index contributed by atoms with van der Waals surface area (Å²) in [7, 11) is 0. The number of alkyl halides is 2. The zero-order chi connectivity index (χ0) is 21.2. The molecule has 0 saturated heterocycles. The first kappa shape index (κ1) is 20.5. The minimum Gasteiger partial charge on any atom is -0.377 e. The van der Waals surface area contributed by atoms with Crippen LogP contribution in [0, 0.1) is 23.0 Å². The van der Waals surface area contributed by atoms with Gasteiger partial charge in [0.05, 0.1) is 11.6 Å². The maximum atomic E-state index is 15.1. The van der Waals surface area contributed by atoms with Gasteiger partial charge in [-0.1, -0.05) is 24.3 Å². The van der Waals surface area contributed by atoms with E-state index in [-0.39, 0.29) is 0 Å². The van der Waals surface area contributed by atoms with Gasteiger partial charge in [0, 0.05) is 29.9 Å². The molecule has 3 N–H and O–H groups in total. The minimum atomic E-state index is -4.07. The number of nitrogens with two attached hydrogens (primary N) is 1. The van der Waals surface area contributed by atoms with E-state index in [0.717, 1.165) is 18.2 Å². The summed E-state index contributed by atoms with van der Waals surface area (Å²) in [5.41, 5.74) is 2.17. The fourth-order valence-electron chi connectivity index (χ4n) is 2.93. The molecular weight excluding hydrogens is 386 g/mol. The molecule has 0 saturated carbocycles. The van der Waals surface area contributed by atoms with E-state index in [9.17, 15) is 13.9 Å². The van der Waals surface area contributed by atoms with E-state index >= 15 is 8.78 Å². The van der Waals surface area contributed by atoms with Gasteiger partial charge in [-0.25, -0.2) is 8.78 Å². The van der Waals surface area contributed by atoms with Crippen molar-refractivity contribution in [3.05, 3.63) is 89.2 Å². The Labute approximate surface area is 163 Å². The number of aromatic nitrogens is 1. The molecule has 0 aliphatic heterocycles. The van der Waals surface area contributed by atoms with Gasteiger partial charge >= 0.3 is 5.92 Å². The number of hydrogen-bond acceptors (Lipinski definition) is 4. The molecule has 2 aromatic carbocycles. The molecule has 0 spiro atoms. The minimum absolute atomic E-state index is 0.396. The average Bonchev–Trinajstić information content (AvgIpc) is 2.73. The average molecular weight is 401 g/mol. The van der Waals surface area contributed by atoms with E-state index < -0.39 is 41.0 Å². The third-order valence-corrected chi connectivity index (χ3v) is 4.62. The number of hydrogen-bond donors (Lipinski definition) is 2. The summed E-state index contributed by atoms with van der Waals surface area (Å²) in [5.74, 6) is -6.38. The molecule has 1 heterocycles. The summed E-state index contributed by atoms with van der Waals surface area (Å²) in [4.78, 5) is 3.73. The van der Waals surface area contributed by atoms with Crippen LogP contribution in [-0.2, 0) is 11.5 Å². The first-order chi connectivity index (χ1) is 13.7. The van der Waals surface area contributed by atoms with Crippen molar-refractivity contribution in [3.63, 3.8) is 0 Å². The summed E-state index contributed by atoms with van der Waals surface area (Å²) >= 11 is 0. The van der Waals surface area contributed by atoms with Crippen molar-refractivity contribution in [2.75, 3.05) is 6.54 Å². The van der Waals surface area contributed by atoms with E-state index in [1.54, 1.807) is 24.3 Å². The van der Waals surface area contributed by atoms with Crippen LogP contribution in [0.5, 0.6) is 0 Å². The molecule has 1 atom stereocenters. The maximum Gasteiger partial charge on any atom is 0.323 e. The highest BCUT2D eigenvalue weighted by atomic mass is 19.3. The second-order valence-electron chi connectivity index (χ2n) is 6.38. The fraction of sp³-hybridized carbons (Fsp3) is 0.143. The van der Waals surface area contributed by atoms with Gasteiger partial charge < -0.3 is 10.8 Å². The lowest BCUT2D eigenvalue weighted by Crippen LogP contribution is -2.50. The van der Waals surface area contributed by atoms with Crippen molar-refractivity contribution >= 4 is 0 Å². The lowest BCUT2D eigenvalue weighted by molar-refractivity contribution is -0.193. The Morgan fingerprint density at radius 1 is 1.00 bits per heavy atom. The zero-order valence-corrected chi connectivity index (χ0v) is 14.9. The monoisotopic (exact) mass is 401 g/mol. The molecule has 3 aromatic rings. The molecule has 148 valence electrons. The van der Waals surface area contributed by atoms with Crippen molar-refractivity contribution in [3.8, 4) is 17.2 Å². The molecule has 0 bridgehead atoms. The number of nitrogens with zero attached hydrogens (tertiary/aromatic N) is 2. The molecule has 0 radical (unpaired) electrons. The normalized spacial score (nSPS) is 13.6. The largest absolute Gasteiger partial charge is 0.377 e. The van der Waals surface area contributed by atoms with Gasteiger partial charge in [-0.3, -0.25) is 4.98 Å². The SMILES string of the molecule is N#Cc1ccc(-c2ccc(C(F)(F)C(O)(CN)c3ccc(F)cc3F)nc2)cc1. The molecule has 0 amide bonds. The number of rotatable bonds is 5. The van der Waals surface area contributed by atoms with Crippen molar-refractivity contribution in [2.45, 2.75) is 11.5 Å². The number of nitriles is 1. The van der Waals surface area contributed by atoms with Crippen LogP contribution in [0.2, 0.25) is 0 Å². The van der Waals surface area contributed by atoms with Gasteiger partial charge in [0.25, 0.3) is 0 Å². The van der Waals surface area contributed by atoms with Gasteiger partial charge in [-0.15, -0.1) is 0 Å². The molecule has 0 aliphatic rings. The van der Waals surface area contributed by atoms with Crippen LogP contribution in [-0.4, -0.2) is 16.6 Å². The van der Waals surface area contributed by atoms with Gasteiger partial charge in [-0.2, -0.15) is 14.0 Å². The predicted molar refractivity (Wildman–Crippen MR) is 97.6 cm³/mol. The number of benzene rings is 2. The van der Waals surface area contributed by atoms with Crippen molar-refractivity contribution in [1.82, 2.24) is 4.98 Å². The van der Waals surface area contributed by atoms with E-state index in [1.807, 2.05) is 6.07 Å². The first-order valence-electron chi connectivity index (χ1n) is 8.46. The second kappa shape index (κ2) is 7.62. The van der Waals surface area contributed by atoms with Crippen LogP contribution in [0.25, 0.3) is 11.1 Å². The highest BCUT2D eigenvalue weighted by molar-refractivity contribution is 5.63. The zero-order valence-electron chi connectivity index (χ0n) is 14.9. The third-order valence-electron chi connectivity index (χ3n) is 4.62. The van der Waals surface area contributed by atoms with Crippen molar-refractivity contribution in [1.29, 1.82) is 5.26 Å². The predicted octanol–water partition coefficient (Wildman–Crippen LogP) is 3.84. The standard InChI is InChI=1S/C21H15F4N3O/c22-16-6-7-17(18(23)9-16)20(29,12-27)21(24,25)19-8-5-15(11-28-19)14-3-1-13(10-26)2-4-14/h1-9,11,29H,12,27H2. The molecule has 1 unspecified atom stereocenters. The second-order valence-corrected chi connectivity index (χ2v) is 6.38. The Hall–Kier alpha value is -3.28. The van der Waals surface area contributed by atoms with Crippen molar-refractivity contribution in [2.24, 2.45) is 5.73 Å². The van der Waals surface area contributed by atoms with Gasteiger partial charge in [0.1, 0.15) is 17.3 Å². The molecule has 4 nitrogen and oxygen atoms in total. The summed E-state index contributed by atoms with van der Waals surface area (Å²) in [6, 6.07) is 12.6. The maximum absolute atomic E-state index is 15.1. The number of aliphatic hydroxyl groups is 1. The van der Waals surface area contributed by atoms with Crippen LogP contribution in [0.1, 0.15) is 16.8 Å². The van der Waals surface area contributed by atoms with E-state index in [1.165, 1.54) is 12.3 Å². The van der Waals surface area contributed by atoms with Crippen molar-refractivity contribution < 1.29 is 22.7 Å². The number of pyridine rings is 1. The van der Waals surface area contributed by atoms with Crippen LogP contribution in [0.4, 0.5) is 17.6 Å². The van der Waals surface area contributed by atoms with Crippen LogP contribution in [0.3, 0.4) is 0 Å². The third kappa shape index (κ3) is 3.58. The van der Waals surface area contributed by atoms with Crippen LogP contribution in [0.15, 0.2) is 60.8 Å². The Balaban J connectivity index is 1.99. The lowest BCUT2D eigenvalue weighted by Gasteiger charge is -2.35. The Kier molecular flexibility index (Phi) is 5.38. The van der Waals surface area contributed by atoms with Crippen LogP contribution < -0.4 is 5.73 Å². The van der Waals surface area contributed by atoms with Crippen LogP contribution >= 0.6 is 0 Å². The summed E-state index contributed by atoms with van der Waals surface area (Å²) < 4.78 is 57.5. The fourth-order valence-corrected chi connectivity index (χ4v) is 2.93. The van der Waals surface area contributed by atoms with E-state index in [2.05, 4.69) is 4.98 Å². The molecule has 0 aliphatic carbocycles. The highest BCUT2D eigenvalue weighted by Gasteiger charge is 2.56. The molecule has 3 rings (SSSR count). The highest BCUT2D eigenvalue weighted by Crippen LogP contribution is 2.45. The summed E-state index contributed by atoms with van der Waals surface area (Å²) in [6.45, 7) is -1.03. The van der Waals surface area contributed by atoms with Gasteiger partial charge in [0.2, 0.25) is 0 Å². The summed E-state index contributed by atoms with van der Waals surface area (Å²) in [5, 5.41) is 19.4. The Bertz CT molecular complexity index is 1060. The Morgan fingerprint density at radius 3 is 2.17 bits per heavy atom. The Morgan fingerprint density at radius 2 is 1.66 bits per heavy atom. The molecular formula is C21H15F4N3O. The first-order valence-corrected chi connectivity index (χ1v) is 8.46. The van der Waals surface area contributed by atoms with Gasteiger partial charge in [-0.05, 0) is 29.8 Å². The lowest BCUT2D eigenvalue weighted by atomic mass is 9.84. The van der Waals surface area contributed by atoms with E-state index in [4.69, 9.17) is 11.0 Å².